The van der Waals surface area contributed by atoms with Crippen LogP contribution in [0.1, 0.15) is 10.4 Å². The smallest absolute Gasteiger partial charge is 0.279 e. The molecule has 122 valence electrons. The van der Waals surface area contributed by atoms with Crippen molar-refractivity contribution in [1.82, 2.24) is 4.57 Å². The molecule has 0 aliphatic rings. The predicted octanol–water partition coefficient (Wildman–Crippen LogP) is 2.90. The molecule has 0 atom stereocenters. The van der Waals surface area contributed by atoms with Crippen molar-refractivity contribution in [2.75, 3.05) is 7.11 Å². The van der Waals surface area contributed by atoms with E-state index in [1.807, 2.05) is 25.2 Å². The summed E-state index contributed by atoms with van der Waals surface area (Å²) in [6, 6.07) is 11.0. The third-order valence-electron chi connectivity index (χ3n) is 3.53. The van der Waals surface area contributed by atoms with Crippen LogP contribution in [0, 0.1) is 10.1 Å². The van der Waals surface area contributed by atoms with Gasteiger partial charge in [-0.2, -0.15) is 4.99 Å². The topological polar surface area (TPSA) is 86.7 Å². The number of aromatic nitrogens is 1. The number of hydrogen-bond acceptors (Lipinski definition) is 5. The maximum atomic E-state index is 12.3. The molecule has 0 saturated carbocycles. The van der Waals surface area contributed by atoms with Crippen molar-refractivity contribution in [1.29, 1.82) is 0 Å². The molecule has 1 heterocycles. The number of thiazole rings is 1. The summed E-state index contributed by atoms with van der Waals surface area (Å²) < 4.78 is 8.09. The SMILES string of the molecule is COc1cccc2sc(=NC(=O)c3ccc([N+](=O)[O-])cc3)n(C)c12. The standard InChI is InChI=1S/C16H13N3O4S/c1-18-14-12(23-2)4-3-5-13(14)24-16(18)17-15(20)10-6-8-11(9-7-10)19(21)22/h3-9H,1-2H3. The Bertz CT molecular complexity index is 1000. The van der Waals surface area contributed by atoms with Gasteiger partial charge in [-0.3, -0.25) is 14.9 Å². The van der Waals surface area contributed by atoms with Crippen molar-refractivity contribution in [2.24, 2.45) is 12.0 Å². The molecule has 0 spiro atoms. The molecule has 0 fully saturated rings. The first-order chi connectivity index (χ1) is 11.5. The molecule has 0 unspecified atom stereocenters. The minimum absolute atomic E-state index is 0.0660. The average Bonchev–Trinajstić information content (AvgIpc) is 2.91. The van der Waals surface area contributed by atoms with E-state index in [0.29, 0.717) is 16.1 Å². The van der Waals surface area contributed by atoms with Gasteiger partial charge in [0.25, 0.3) is 11.6 Å². The number of para-hydroxylation sites is 1. The van der Waals surface area contributed by atoms with Gasteiger partial charge in [-0.15, -0.1) is 0 Å². The minimum Gasteiger partial charge on any atom is -0.495 e. The normalized spacial score (nSPS) is 11.7. The van der Waals surface area contributed by atoms with E-state index in [9.17, 15) is 14.9 Å². The van der Waals surface area contributed by atoms with Crippen LogP contribution in [0.15, 0.2) is 47.5 Å². The first-order valence-electron chi connectivity index (χ1n) is 6.97. The second kappa shape index (κ2) is 6.25. The highest BCUT2D eigenvalue weighted by Gasteiger charge is 2.11. The van der Waals surface area contributed by atoms with E-state index in [1.54, 1.807) is 11.7 Å². The summed E-state index contributed by atoms with van der Waals surface area (Å²) in [5.74, 6) is 0.251. The van der Waals surface area contributed by atoms with Crippen molar-refractivity contribution < 1.29 is 14.5 Å². The lowest BCUT2D eigenvalue weighted by atomic mass is 10.2. The number of benzene rings is 2. The zero-order chi connectivity index (χ0) is 17.3. The van der Waals surface area contributed by atoms with Crippen LogP contribution in [-0.2, 0) is 7.05 Å². The molecule has 0 N–H and O–H groups in total. The van der Waals surface area contributed by atoms with E-state index in [-0.39, 0.29) is 5.69 Å². The van der Waals surface area contributed by atoms with Gasteiger partial charge in [0.1, 0.15) is 11.3 Å². The maximum absolute atomic E-state index is 12.3. The van der Waals surface area contributed by atoms with Gasteiger partial charge in [-0.1, -0.05) is 17.4 Å². The molecule has 0 aliphatic carbocycles. The Kier molecular flexibility index (Phi) is 4.13. The summed E-state index contributed by atoms with van der Waals surface area (Å²) >= 11 is 1.37. The van der Waals surface area contributed by atoms with Gasteiger partial charge >= 0.3 is 0 Å². The lowest BCUT2D eigenvalue weighted by Gasteiger charge is -2.03. The molecule has 0 bridgehead atoms. The van der Waals surface area contributed by atoms with Gasteiger partial charge in [0, 0.05) is 24.7 Å². The molecule has 7 nitrogen and oxygen atoms in total. The number of methoxy groups -OCH3 is 1. The van der Waals surface area contributed by atoms with Crippen molar-refractivity contribution >= 4 is 33.1 Å². The van der Waals surface area contributed by atoms with Gasteiger partial charge in [0.05, 0.1) is 16.7 Å². The minimum atomic E-state index is -0.510. The summed E-state index contributed by atoms with van der Waals surface area (Å²) in [5.41, 5.74) is 1.09. The molecule has 0 aliphatic heterocycles. The second-order valence-electron chi connectivity index (χ2n) is 4.97. The predicted molar refractivity (Wildman–Crippen MR) is 90.3 cm³/mol. The molecule has 3 aromatic rings. The summed E-state index contributed by atoms with van der Waals surface area (Å²) in [5, 5.41) is 10.7. The zero-order valence-corrected chi connectivity index (χ0v) is 13.7. The Labute approximate surface area is 140 Å². The van der Waals surface area contributed by atoms with E-state index < -0.39 is 10.8 Å². The van der Waals surface area contributed by atoms with Crippen LogP contribution in [-0.4, -0.2) is 22.5 Å². The first-order valence-corrected chi connectivity index (χ1v) is 7.79. The Hall–Kier alpha value is -3.00. The Balaban J connectivity index is 2.05. The first kappa shape index (κ1) is 15.9. The van der Waals surface area contributed by atoms with Crippen molar-refractivity contribution in [3.63, 3.8) is 0 Å². The number of fused-ring (bicyclic) bond motifs is 1. The highest BCUT2D eigenvalue weighted by Crippen LogP contribution is 2.26. The number of hydrogen-bond donors (Lipinski definition) is 0. The highest BCUT2D eigenvalue weighted by atomic mass is 32.1. The molecule has 8 heteroatoms. The van der Waals surface area contributed by atoms with E-state index >= 15 is 0 Å². The van der Waals surface area contributed by atoms with Gasteiger partial charge < -0.3 is 9.30 Å². The zero-order valence-electron chi connectivity index (χ0n) is 12.9. The second-order valence-corrected chi connectivity index (χ2v) is 5.98. The van der Waals surface area contributed by atoms with Gasteiger partial charge in [-0.25, -0.2) is 0 Å². The lowest BCUT2D eigenvalue weighted by molar-refractivity contribution is -0.384. The molecular formula is C16H13N3O4S. The van der Waals surface area contributed by atoms with E-state index in [4.69, 9.17) is 4.74 Å². The van der Waals surface area contributed by atoms with Gasteiger partial charge in [0.2, 0.25) is 0 Å². The van der Waals surface area contributed by atoms with Crippen molar-refractivity contribution in [2.45, 2.75) is 0 Å². The van der Waals surface area contributed by atoms with Crippen LogP contribution in [0.3, 0.4) is 0 Å². The number of carbonyl (C=O) groups is 1. The Morgan fingerprint density at radius 3 is 2.58 bits per heavy atom. The number of carbonyl (C=O) groups excluding carboxylic acids is 1. The summed E-state index contributed by atoms with van der Waals surface area (Å²) in [4.78, 5) is 27.1. The Morgan fingerprint density at radius 2 is 1.96 bits per heavy atom. The van der Waals surface area contributed by atoms with Gasteiger partial charge in [0.15, 0.2) is 4.80 Å². The van der Waals surface area contributed by atoms with Crippen LogP contribution in [0.25, 0.3) is 10.2 Å². The number of nitro groups is 1. The summed E-state index contributed by atoms with van der Waals surface area (Å²) in [6.07, 6.45) is 0. The van der Waals surface area contributed by atoms with Gasteiger partial charge in [-0.05, 0) is 24.3 Å². The fourth-order valence-electron chi connectivity index (χ4n) is 2.32. The largest absolute Gasteiger partial charge is 0.495 e. The number of non-ortho nitro benzene ring substituents is 1. The molecular weight excluding hydrogens is 330 g/mol. The van der Waals surface area contributed by atoms with Crippen LogP contribution >= 0.6 is 11.3 Å². The third-order valence-corrected chi connectivity index (χ3v) is 4.62. The number of nitrogens with zero attached hydrogens (tertiary/aromatic N) is 3. The summed E-state index contributed by atoms with van der Waals surface area (Å²) in [6.45, 7) is 0. The molecule has 1 aromatic heterocycles. The lowest BCUT2D eigenvalue weighted by Crippen LogP contribution is -2.13. The van der Waals surface area contributed by atoms with Crippen molar-refractivity contribution in [3.05, 3.63) is 62.9 Å². The third kappa shape index (κ3) is 2.79. The quantitative estimate of drug-likeness (QED) is 0.540. The van der Waals surface area contributed by atoms with E-state index in [2.05, 4.69) is 4.99 Å². The molecule has 24 heavy (non-hydrogen) atoms. The van der Waals surface area contributed by atoms with E-state index in [1.165, 1.54) is 35.6 Å². The average molecular weight is 343 g/mol. The van der Waals surface area contributed by atoms with Crippen LogP contribution in [0.4, 0.5) is 5.69 Å². The molecule has 0 saturated heterocycles. The summed E-state index contributed by atoms with van der Waals surface area (Å²) in [7, 11) is 3.40. The van der Waals surface area contributed by atoms with E-state index in [0.717, 1.165) is 10.2 Å². The van der Waals surface area contributed by atoms with Crippen molar-refractivity contribution in [3.8, 4) is 5.75 Å². The van der Waals surface area contributed by atoms with Crippen LogP contribution in [0.2, 0.25) is 0 Å². The number of aryl methyl sites for hydroxylation is 1. The number of ether oxygens (including phenoxy) is 1. The molecule has 0 radical (unpaired) electrons. The number of amides is 1. The number of nitro benzene ring substituents is 1. The number of rotatable bonds is 3. The molecule has 2 aromatic carbocycles. The van der Waals surface area contributed by atoms with Crippen LogP contribution < -0.4 is 9.54 Å². The highest BCUT2D eigenvalue weighted by molar-refractivity contribution is 7.16. The maximum Gasteiger partial charge on any atom is 0.279 e. The molecule has 3 rings (SSSR count). The fourth-order valence-corrected chi connectivity index (χ4v) is 3.35. The fraction of sp³-hybridized carbons (Fsp3) is 0.125. The molecule has 1 amide bonds. The Morgan fingerprint density at radius 1 is 1.25 bits per heavy atom. The van der Waals surface area contributed by atoms with Crippen LogP contribution in [0.5, 0.6) is 5.75 Å². The monoisotopic (exact) mass is 343 g/mol.